The largest absolute Gasteiger partial charge is 0.494 e. The predicted molar refractivity (Wildman–Crippen MR) is 170 cm³/mol. The van der Waals surface area contributed by atoms with Gasteiger partial charge in [-0.2, -0.15) is 4.98 Å². The van der Waals surface area contributed by atoms with Gasteiger partial charge in [-0.25, -0.2) is 4.98 Å². The number of amides is 1. The minimum absolute atomic E-state index is 0.197. The molecule has 1 unspecified atom stereocenters. The number of carbonyl (C=O) groups excluding carboxylic acids is 1. The number of likely N-dealkylation sites (N-methyl/N-ethyl adjacent to an activating group) is 2. The number of hydrogen-bond acceptors (Lipinski definition) is 10. The number of nitrogens with zero attached hydrogens (tertiary/aromatic N) is 6. The Balaban J connectivity index is 1.35. The molecular formula is C30H40ClN9O2. The fourth-order valence-corrected chi connectivity index (χ4v) is 5.50. The molecule has 42 heavy (non-hydrogen) atoms. The van der Waals surface area contributed by atoms with Gasteiger partial charge >= 0.3 is 0 Å². The van der Waals surface area contributed by atoms with Crippen molar-refractivity contribution in [2.75, 3.05) is 95.0 Å². The maximum absolute atomic E-state index is 12.9. The molecule has 0 bridgehead atoms. The van der Waals surface area contributed by atoms with E-state index in [0.29, 0.717) is 39.8 Å². The smallest absolute Gasteiger partial charge is 0.253 e. The second-order valence-electron chi connectivity index (χ2n) is 11.0. The highest BCUT2D eigenvalue weighted by Crippen LogP contribution is 2.34. The number of piperazine rings is 1. The molecule has 2 fully saturated rings. The highest BCUT2D eigenvalue weighted by atomic mass is 35.5. The molecule has 11 nitrogen and oxygen atoms in total. The van der Waals surface area contributed by atoms with Gasteiger partial charge in [0.05, 0.1) is 30.2 Å². The SMILES string of the molecule is CNC(=O)c1cc(N2CCN(C)CC2)ccc1Nc1nc(Nc2ccc(N3CCC(N(C)C)C3)cc2OC)ncc1Cl. The summed E-state index contributed by atoms with van der Waals surface area (Å²) in [5.41, 5.74) is 3.96. The molecular weight excluding hydrogens is 554 g/mol. The van der Waals surface area contributed by atoms with Gasteiger partial charge in [-0.3, -0.25) is 4.79 Å². The van der Waals surface area contributed by atoms with Crippen LogP contribution in [0.3, 0.4) is 0 Å². The molecule has 5 rings (SSSR count). The summed E-state index contributed by atoms with van der Waals surface area (Å²) >= 11 is 6.51. The van der Waals surface area contributed by atoms with Gasteiger partial charge in [0.25, 0.3) is 5.91 Å². The first kappa shape index (κ1) is 29.7. The molecule has 0 saturated carbocycles. The van der Waals surface area contributed by atoms with Gasteiger partial charge in [-0.05, 0) is 57.9 Å². The Kier molecular flexibility index (Phi) is 9.20. The molecule has 2 aliphatic rings. The van der Waals surface area contributed by atoms with Gasteiger partial charge in [0.15, 0.2) is 5.82 Å². The third-order valence-corrected chi connectivity index (χ3v) is 8.31. The summed E-state index contributed by atoms with van der Waals surface area (Å²) < 4.78 is 5.72. The third kappa shape index (κ3) is 6.64. The second-order valence-corrected chi connectivity index (χ2v) is 11.4. The van der Waals surface area contributed by atoms with Crippen molar-refractivity contribution >= 4 is 52.0 Å². The number of benzene rings is 2. The minimum atomic E-state index is -0.197. The summed E-state index contributed by atoms with van der Waals surface area (Å²) in [7, 11) is 9.64. The molecule has 1 atom stereocenters. The van der Waals surface area contributed by atoms with E-state index in [-0.39, 0.29) is 5.91 Å². The number of ether oxygens (including phenoxy) is 1. The van der Waals surface area contributed by atoms with Crippen molar-refractivity contribution in [1.29, 1.82) is 0 Å². The predicted octanol–water partition coefficient (Wildman–Crippen LogP) is 3.88. The Labute approximate surface area is 252 Å². The van der Waals surface area contributed by atoms with E-state index in [1.54, 1.807) is 14.2 Å². The maximum Gasteiger partial charge on any atom is 0.253 e. The lowest BCUT2D eigenvalue weighted by molar-refractivity contribution is 0.0964. The fourth-order valence-electron chi connectivity index (χ4n) is 5.37. The summed E-state index contributed by atoms with van der Waals surface area (Å²) in [6.45, 7) is 5.74. The van der Waals surface area contributed by atoms with Crippen LogP contribution >= 0.6 is 11.6 Å². The second kappa shape index (κ2) is 13.0. The van der Waals surface area contributed by atoms with Crippen molar-refractivity contribution in [3.8, 4) is 5.75 Å². The van der Waals surface area contributed by atoms with Crippen LogP contribution in [0.4, 0.5) is 34.5 Å². The van der Waals surface area contributed by atoms with Crippen LogP contribution in [0.25, 0.3) is 0 Å². The van der Waals surface area contributed by atoms with Gasteiger partial charge in [0.2, 0.25) is 5.95 Å². The summed E-state index contributed by atoms with van der Waals surface area (Å²) in [4.78, 5) is 31.1. The third-order valence-electron chi connectivity index (χ3n) is 8.03. The van der Waals surface area contributed by atoms with E-state index in [2.05, 4.69) is 72.7 Å². The van der Waals surface area contributed by atoms with Gasteiger partial charge in [-0.1, -0.05) is 11.6 Å². The Bertz CT molecular complexity index is 1410. The van der Waals surface area contributed by atoms with E-state index in [1.165, 1.54) is 6.20 Å². The van der Waals surface area contributed by atoms with Crippen molar-refractivity contribution in [2.24, 2.45) is 0 Å². The van der Waals surface area contributed by atoms with E-state index >= 15 is 0 Å². The first-order valence-corrected chi connectivity index (χ1v) is 14.6. The Morgan fingerprint density at radius 2 is 1.71 bits per heavy atom. The quantitative estimate of drug-likeness (QED) is 0.339. The first-order chi connectivity index (χ1) is 20.2. The van der Waals surface area contributed by atoms with Crippen LogP contribution in [-0.2, 0) is 0 Å². The molecule has 3 aromatic rings. The standard InChI is InChI=1S/C30H40ClN9O2/c1-32-29(41)23-16-20(39-14-12-38(4)13-15-39)6-8-25(23)34-28-24(31)18-33-30(36-28)35-26-9-7-21(17-27(26)42-5)40-11-10-22(19-40)37(2)3/h6-9,16-18,22H,10-15,19H2,1-5H3,(H,32,41)(H2,33,34,35,36). The normalized spacial score (nSPS) is 17.5. The van der Waals surface area contributed by atoms with Crippen LogP contribution in [0, 0.1) is 0 Å². The van der Waals surface area contributed by atoms with Crippen molar-refractivity contribution < 1.29 is 9.53 Å². The Morgan fingerprint density at radius 1 is 1.00 bits per heavy atom. The van der Waals surface area contributed by atoms with E-state index in [1.807, 2.05) is 30.3 Å². The molecule has 12 heteroatoms. The molecule has 2 aromatic carbocycles. The lowest BCUT2D eigenvalue weighted by Crippen LogP contribution is -2.44. The summed E-state index contributed by atoms with van der Waals surface area (Å²) in [6, 6.07) is 12.4. The van der Waals surface area contributed by atoms with E-state index < -0.39 is 0 Å². The molecule has 224 valence electrons. The van der Waals surface area contributed by atoms with E-state index in [4.69, 9.17) is 16.3 Å². The maximum atomic E-state index is 12.9. The first-order valence-electron chi connectivity index (χ1n) is 14.2. The van der Waals surface area contributed by atoms with Crippen LogP contribution in [0.2, 0.25) is 5.02 Å². The number of aromatic nitrogens is 2. The van der Waals surface area contributed by atoms with Crippen LogP contribution in [-0.4, -0.2) is 106 Å². The van der Waals surface area contributed by atoms with Gasteiger partial charge in [0.1, 0.15) is 10.8 Å². The lowest BCUT2D eigenvalue weighted by Gasteiger charge is -2.34. The van der Waals surface area contributed by atoms with Gasteiger partial charge in [-0.15, -0.1) is 0 Å². The molecule has 1 amide bonds. The topological polar surface area (TPSA) is 101 Å². The number of hydrogen-bond donors (Lipinski definition) is 3. The van der Waals surface area contributed by atoms with Crippen molar-refractivity contribution in [2.45, 2.75) is 12.5 Å². The number of methoxy groups -OCH3 is 1. The van der Waals surface area contributed by atoms with E-state index in [9.17, 15) is 4.79 Å². The number of halogens is 1. The Morgan fingerprint density at radius 3 is 2.38 bits per heavy atom. The highest BCUT2D eigenvalue weighted by Gasteiger charge is 2.25. The average molecular weight is 594 g/mol. The zero-order valence-electron chi connectivity index (χ0n) is 24.9. The van der Waals surface area contributed by atoms with Crippen LogP contribution in [0.5, 0.6) is 5.75 Å². The van der Waals surface area contributed by atoms with Gasteiger partial charge in [0, 0.05) is 69.8 Å². The summed E-state index contributed by atoms with van der Waals surface area (Å²) in [6.07, 6.45) is 2.66. The molecule has 0 radical (unpaired) electrons. The molecule has 0 spiro atoms. The summed E-state index contributed by atoms with van der Waals surface area (Å²) in [5.74, 6) is 1.22. The molecule has 2 aliphatic heterocycles. The Hall–Kier alpha value is -3.80. The zero-order chi connectivity index (χ0) is 29.8. The monoisotopic (exact) mass is 593 g/mol. The number of rotatable bonds is 9. The molecule has 1 aromatic heterocycles. The zero-order valence-corrected chi connectivity index (χ0v) is 25.7. The molecule has 3 N–H and O–H groups in total. The van der Waals surface area contributed by atoms with Crippen molar-refractivity contribution in [3.05, 3.63) is 53.2 Å². The number of anilines is 6. The van der Waals surface area contributed by atoms with Crippen molar-refractivity contribution in [3.63, 3.8) is 0 Å². The van der Waals surface area contributed by atoms with Gasteiger partial charge < -0.3 is 40.3 Å². The number of carbonyl (C=O) groups is 1. The van der Waals surface area contributed by atoms with E-state index in [0.717, 1.165) is 62.8 Å². The van der Waals surface area contributed by atoms with Crippen LogP contribution in [0.1, 0.15) is 16.8 Å². The minimum Gasteiger partial charge on any atom is -0.494 e. The molecule has 3 heterocycles. The average Bonchev–Trinajstić information content (AvgIpc) is 3.50. The lowest BCUT2D eigenvalue weighted by atomic mass is 10.1. The molecule has 2 saturated heterocycles. The number of nitrogens with one attached hydrogen (secondary N) is 3. The highest BCUT2D eigenvalue weighted by molar-refractivity contribution is 6.33. The summed E-state index contributed by atoms with van der Waals surface area (Å²) in [5, 5.41) is 9.60. The fraction of sp³-hybridized carbons (Fsp3) is 0.433. The van der Waals surface area contributed by atoms with Crippen LogP contribution < -0.4 is 30.5 Å². The van der Waals surface area contributed by atoms with Crippen LogP contribution in [0.15, 0.2) is 42.6 Å². The molecule has 0 aliphatic carbocycles. The van der Waals surface area contributed by atoms with Crippen molar-refractivity contribution in [1.82, 2.24) is 25.1 Å².